The second kappa shape index (κ2) is 7.31. The Morgan fingerprint density at radius 3 is 2.67 bits per heavy atom. The SMILES string of the molecule is Cc1ccc(-c2csc(/C(C#N)=C/Nc3ccccc3Cl)n2)cc1. The largest absolute Gasteiger partial charge is 0.359 e. The fraction of sp³-hybridized carbons (Fsp3) is 0.0526. The quantitative estimate of drug-likeness (QED) is 0.609. The van der Waals surface area contributed by atoms with Gasteiger partial charge in [-0.05, 0) is 19.1 Å². The first-order valence-electron chi connectivity index (χ1n) is 7.31. The van der Waals surface area contributed by atoms with Crippen LogP contribution >= 0.6 is 22.9 Å². The molecular weight excluding hydrogens is 338 g/mol. The lowest BCUT2D eigenvalue weighted by molar-refractivity contribution is 1.36. The number of hydrogen-bond acceptors (Lipinski definition) is 4. The van der Waals surface area contributed by atoms with E-state index in [2.05, 4.69) is 16.4 Å². The number of anilines is 1. The first kappa shape index (κ1) is 16.3. The summed E-state index contributed by atoms with van der Waals surface area (Å²) in [5, 5.41) is 15.7. The third-order valence-corrected chi connectivity index (χ3v) is 4.65. The van der Waals surface area contributed by atoms with Crippen LogP contribution < -0.4 is 5.32 Å². The molecule has 3 nitrogen and oxygen atoms in total. The van der Waals surface area contributed by atoms with Gasteiger partial charge in [-0.3, -0.25) is 0 Å². The van der Waals surface area contributed by atoms with E-state index in [1.807, 2.05) is 54.8 Å². The van der Waals surface area contributed by atoms with Crippen molar-refractivity contribution >= 4 is 34.2 Å². The van der Waals surface area contributed by atoms with Crippen molar-refractivity contribution < 1.29 is 0 Å². The van der Waals surface area contributed by atoms with Crippen LogP contribution in [0.3, 0.4) is 0 Å². The lowest BCUT2D eigenvalue weighted by atomic mass is 10.1. The molecule has 0 aliphatic rings. The molecule has 0 aliphatic heterocycles. The van der Waals surface area contributed by atoms with Gasteiger partial charge in [0.15, 0.2) is 0 Å². The number of nitriles is 1. The molecule has 1 heterocycles. The van der Waals surface area contributed by atoms with Crippen molar-refractivity contribution in [1.29, 1.82) is 5.26 Å². The van der Waals surface area contributed by atoms with Crippen molar-refractivity contribution in [3.63, 3.8) is 0 Å². The number of aryl methyl sites for hydroxylation is 1. The zero-order chi connectivity index (χ0) is 16.9. The third kappa shape index (κ3) is 3.65. The van der Waals surface area contributed by atoms with Gasteiger partial charge in [-0.15, -0.1) is 11.3 Å². The maximum absolute atomic E-state index is 9.42. The van der Waals surface area contributed by atoms with Crippen LogP contribution in [0.25, 0.3) is 16.8 Å². The Kier molecular flexibility index (Phi) is 4.95. The molecule has 0 unspecified atom stereocenters. The van der Waals surface area contributed by atoms with Crippen LogP contribution in [0.4, 0.5) is 5.69 Å². The molecular formula is C19H14ClN3S. The predicted molar refractivity (Wildman–Crippen MR) is 101 cm³/mol. The zero-order valence-electron chi connectivity index (χ0n) is 13.0. The molecule has 5 heteroatoms. The summed E-state index contributed by atoms with van der Waals surface area (Å²) in [4.78, 5) is 4.57. The lowest BCUT2D eigenvalue weighted by Gasteiger charge is -2.03. The van der Waals surface area contributed by atoms with E-state index in [1.165, 1.54) is 16.9 Å². The molecule has 0 atom stereocenters. The minimum Gasteiger partial charge on any atom is -0.359 e. The Morgan fingerprint density at radius 1 is 1.21 bits per heavy atom. The maximum Gasteiger partial charge on any atom is 0.136 e. The van der Waals surface area contributed by atoms with Crippen LogP contribution in [0, 0.1) is 18.3 Å². The molecule has 118 valence electrons. The fourth-order valence-corrected chi connectivity index (χ4v) is 3.11. The molecule has 3 rings (SSSR count). The highest BCUT2D eigenvalue weighted by atomic mass is 35.5. The van der Waals surface area contributed by atoms with Gasteiger partial charge in [0, 0.05) is 17.1 Å². The molecule has 0 saturated carbocycles. The van der Waals surface area contributed by atoms with Gasteiger partial charge >= 0.3 is 0 Å². The smallest absolute Gasteiger partial charge is 0.136 e. The number of benzene rings is 2. The summed E-state index contributed by atoms with van der Waals surface area (Å²) in [6, 6.07) is 17.7. The number of allylic oxidation sites excluding steroid dienone is 1. The van der Waals surface area contributed by atoms with Crippen molar-refractivity contribution in [2.75, 3.05) is 5.32 Å². The van der Waals surface area contributed by atoms with Gasteiger partial charge in [0.05, 0.1) is 16.4 Å². The number of halogens is 1. The predicted octanol–water partition coefficient (Wildman–Crippen LogP) is 5.75. The van der Waals surface area contributed by atoms with Gasteiger partial charge in [0.25, 0.3) is 0 Å². The highest BCUT2D eigenvalue weighted by molar-refractivity contribution is 7.11. The number of aromatic nitrogens is 1. The average molecular weight is 352 g/mol. The maximum atomic E-state index is 9.42. The Balaban J connectivity index is 1.84. The number of hydrogen-bond donors (Lipinski definition) is 1. The number of thiazole rings is 1. The first-order valence-corrected chi connectivity index (χ1v) is 8.57. The number of para-hydroxylation sites is 1. The summed E-state index contributed by atoms with van der Waals surface area (Å²) in [5.74, 6) is 0. The van der Waals surface area contributed by atoms with E-state index in [1.54, 1.807) is 12.3 Å². The zero-order valence-corrected chi connectivity index (χ0v) is 14.5. The number of nitrogens with one attached hydrogen (secondary N) is 1. The topological polar surface area (TPSA) is 48.7 Å². The van der Waals surface area contributed by atoms with E-state index >= 15 is 0 Å². The van der Waals surface area contributed by atoms with Crippen LogP contribution in [-0.4, -0.2) is 4.98 Å². The summed E-state index contributed by atoms with van der Waals surface area (Å²) in [5.41, 5.74) is 4.34. The molecule has 2 aromatic carbocycles. The minimum atomic E-state index is 0.471. The van der Waals surface area contributed by atoms with Crippen LogP contribution in [-0.2, 0) is 0 Å². The molecule has 0 spiro atoms. The standard InChI is InChI=1S/C19H14ClN3S/c1-13-6-8-14(9-7-13)18-12-24-19(23-18)15(10-21)11-22-17-5-3-2-4-16(17)20/h2-9,11-12,22H,1H3/b15-11+. The molecule has 0 amide bonds. The van der Waals surface area contributed by atoms with E-state index in [4.69, 9.17) is 11.6 Å². The Morgan fingerprint density at radius 2 is 1.96 bits per heavy atom. The highest BCUT2D eigenvalue weighted by Gasteiger charge is 2.09. The van der Waals surface area contributed by atoms with Crippen molar-refractivity contribution in [1.82, 2.24) is 4.98 Å². The Hall–Kier alpha value is -2.61. The number of rotatable bonds is 4. The molecule has 1 N–H and O–H groups in total. The Labute approximate surface area is 149 Å². The third-order valence-electron chi connectivity index (χ3n) is 3.45. The van der Waals surface area contributed by atoms with Crippen molar-refractivity contribution in [2.45, 2.75) is 6.92 Å². The summed E-state index contributed by atoms with van der Waals surface area (Å²) in [7, 11) is 0. The molecule has 0 aliphatic carbocycles. The minimum absolute atomic E-state index is 0.471. The van der Waals surface area contributed by atoms with Crippen molar-refractivity contribution in [2.24, 2.45) is 0 Å². The molecule has 0 fully saturated rings. The molecule has 0 radical (unpaired) electrons. The molecule has 0 bridgehead atoms. The van der Waals surface area contributed by atoms with Crippen molar-refractivity contribution in [3.8, 4) is 17.3 Å². The second-order valence-electron chi connectivity index (χ2n) is 5.20. The van der Waals surface area contributed by atoms with Crippen LogP contribution in [0.15, 0.2) is 60.1 Å². The van der Waals surface area contributed by atoms with Gasteiger partial charge in [-0.1, -0.05) is 53.6 Å². The van der Waals surface area contributed by atoms with E-state index in [9.17, 15) is 5.26 Å². The van der Waals surface area contributed by atoms with Crippen LogP contribution in [0.1, 0.15) is 10.6 Å². The normalized spacial score (nSPS) is 11.1. The highest BCUT2D eigenvalue weighted by Crippen LogP contribution is 2.27. The molecule has 3 aromatic rings. The summed E-state index contributed by atoms with van der Waals surface area (Å²) < 4.78 is 0. The molecule has 0 saturated heterocycles. The van der Waals surface area contributed by atoms with Crippen molar-refractivity contribution in [3.05, 3.63) is 75.7 Å². The average Bonchev–Trinajstić information content (AvgIpc) is 3.07. The monoisotopic (exact) mass is 351 g/mol. The summed E-state index contributed by atoms with van der Waals surface area (Å²) in [6.45, 7) is 2.05. The van der Waals surface area contributed by atoms with Gasteiger partial charge < -0.3 is 5.32 Å². The van der Waals surface area contributed by atoms with Crippen LogP contribution in [0.2, 0.25) is 5.02 Å². The van der Waals surface area contributed by atoms with Crippen LogP contribution in [0.5, 0.6) is 0 Å². The van der Waals surface area contributed by atoms with E-state index in [0.29, 0.717) is 15.6 Å². The number of nitrogens with zero attached hydrogens (tertiary/aromatic N) is 2. The summed E-state index contributed by atoms with van der Waals surface area (Å²) >= 11 is 7.55. The first-order chi connectivity index (χ1) is 11.7. The van der Waals surface area contributed by atoms with E-state index in [0.717, 1.165) is 16.9 Å². The molecule has 24 heavy (non-hydrogen) atoms. The van der Waals surface area contributed by atoms with Gasteiger partial charge in [0.1, 0.15) is 16.6 Å². The molecule has 1 aromatic heterocycles. The van der Waals surface area contributed by atoms with E-state index < -0.39 is 0 Å². The summed E-state index contributed by atoms with van der Waals surface area (Å²) in [6.07, 6.45) is 1.64. The fourth-order valence-electron chi connectivity index (χ4n) is 2.12. The lowest BCUT2D eigenvalue weighted by Crippen LogP contribution is -1.91. The second-order valence-corrected chi connectivity index (χ2v) is 6.46. The van der Waals surface area contributed by atoms with E-state index in [-0.39, 0.29) is 0 Å². The van der Waals surface area contributed by atoms with Gasteiger partial charge in [-0.25, -0.2) is 4.98 Å². The van der Waals surface area contributed by atoms with Gasteiger partial charge in [-0.2, -0.15) is 5.26 Å². The Bertz CT molecular complexity index is 920. The van der Waals surface area contributed by atoms with Gasteiger partial charge in [0.2, 0.25) is 0 Å².